The lowest BCUT2D eigenvalue weighted by molar-refractivity contribution is -0.140. The van der Waals surface area contributed by atoms with Crippen molar-refractivity contribution in [1.29, 1.82) is 0 Å². The molecule has 3 nitrogen and oxygen atoms in total. The molecule has 6 heteroatoms. The average Bonchev–Trinajstić information content (AvgIpc) is 2.32. The summed E-state index contributed by atoms with van der Waals surface area (Å²) in [5, 5.41) is 0. The van der Waals surface area contributed by atoms with E-state index in [0.717, 1.165) is 10.9 Å². The summed E-state index contributed by atoms with van der Waals surface area (Å²) in [7, 11) is 0. The molecule has 1 rings (SSSR count). The summed E-state index contributed by atoms with van der Waals surface area (Å²) < 4.78 is 36.3. The van der Waals surface area contributed by atoms with Crippen molar-refractivity contribution in [1.82, 2.24) is 9.55 Å². The van der Waals surface area contributed by atoms with Crippen molar-refractivity contribution in [3.63, 3.8) is 0 Å². The molecule has 0 amide bonds. The Hall–Kier alpha value is -1.04. The smallest absolute Gasteiger partial charge is 0.328 e. The maximum Gasteiger partial charge on any atom is 0.406 e. The first-order chi connectivity index (χ1) is 5.51. The molecule has 0 atom stereocenters. The Bertz CT molecular complexity index is 253. The van der Waals surface area contributed by atoms with Crippen LogP contribution in [-0.4, -0.2) is 15.7 Å². The predicted molar refractivity (Wildman–Crippen MR) is 36.2 cm³/mol. The number of aromatic nitrogens is 2. The van der Waals surface area contributed by atoms with Crippen LogP contribution >= 0.6 is 0 Å². The third-order valence-corrected chi connectivity index (χ3v) is 1.26. The van der Waals surface area contributed by atoms with Gasteiger partial charge in [-0.25, -0.2) is 4.98 Å². The minimum Gasteiger partial charge on any atom is -0.328 e. The first-order valence-electron chi connectivity index (χ1n) is 3.29. The molecule has 0 saturated heterocycles. The largest absolute Gasteiger partial charge is 0.406 e. The molecule has 0 aliphatic heterocycles. The van der Waals surface area contributed by atoms with Gasteiger partial charge < -0.3 is 10.3 Å². The summed E-state index contributed by atoms with van der Waals surface area (Å²) in [4.78, 5) is 3.66. The Balaban J connectivity index is 2.64. The normalized spacial score (nSPS) is 12.0. The van der Waals surface area contributed by atoms with E-state index >= 15 is 0 Å². The molecular weight excluding hydrogens is 171 g/mol. The van der Waals surface area contributed by atoms with Crippen molar-refractivity contribution in [3.05, 3.63) is 18.2 Å². The van der Waals surface area contributed by atoms with E-state index in [1.165, 1.54) is 6.20 Å². The number of nitrogens with two attached hydrogens (primary N) is 1. The highest BCUT2D eigenvalue weighted by Gasteiger charge is 2.27. The Morgan fingerprint density at radius 2 is 2.17 bits per heavy atom. The van der Waals surface area contributed by atoms with Crippen molar-refractivity contribution in [2.75, 3.05) is 0 Å². The van der Waals surface area contributed by atoms with Crippen LogP contribution < -0.4 is 5.73 Å². The van der Waals surface area contributed by atoms with E-state index in [4.69, 9.17) is 5.73 Å². The highest BCUT2D eigenvalue weighted by Crippen LogP contribution is 2.17. The number of alkyl halides is 3. The number of halogens is 3. The van der Waals surface area contributed by atoms with Crippen LogP contribution in [0.3, 0.4) is 0 Å². The van der Waals surface area contributed by atoms with E-state index in [1.807, 2.05) is 0 Å². The van der Waals surface area contributed by atoms with Gasteiger partial charge in [0.2, 0.25) is 0 Å². The Morgan fingerprint density at radius 1 is 1.50 bits per heavy atom. The van der Waals surface area contributed by atoms with E-state index in [-0.39, 0.29) is 6.54 Å². The highest BCUT2D eigenvalue weighted by molar-refractivity contribution is 4.95. The van der Waals surface area contributed by atoms with Gasteiger partial charge in [-0.05, 0) is 0 Å². The van der Waals surface area contributed by atoms with Crippen LogP contribution in [0.2, 0.25) is 0 Å². The topological polar surface area (TPSA) is 43.8 Å². The highest BCUT2D eigenvalue weighted by atomic mass is 19.4. The summed E-state index contributed by atoms with van der Waals surface area (Å²) in [5.74, 6) is 0. The van der Waals surface area contributed by atoms with Crippen molar-refractivity contribution in [3.8, 4) is 0 Å². The average molecular weight is 179 g/mol. The van der Waals surface area contributed by atoms with Gasteiger partial charge in [-0.2, -0.15) is 13.2 Å². The Labute approximate surface area is 67.0 Å². The van der Waals surface area contributed by atoms with E-state index < -0.39 is 12.7 Å². The van der Waals surface area contributed by atoms with Crippen molar-refractivity contribution in [2.24, 2.45) is 5.73 Å². The number of rotatable bonds is 2. The van der Waals surface area contributed by atoms with Crippen molar-refractivity contribution >= 4 is 0 Å². The lowest BCUT2D eigenvalue weighted by atomic mass is 10.5. The standard InChI is InChI=1S/C6H8F3N3/c7-6(8,9)3-12-2-5(1-10)11-4-12/h2,4H,1,3,10H2. The molecule has 0 spiro atoms. The Kier molecular flexibility index (Phi) is 2.37. The molecular formula is C6H8F3N3. The predicted octanol–water partition coefficient (Wildman–Crippen LogP) is 0.904. The molecule has 12 heavy (non-hydrogen) atoms. The second-order valence-electron chi connectivity index (χ2n) is 2.36. The molecule has 0 unspecified atom stereocenters. The fourth-order valence-electron chi connectivity index (χ4n) is 0.805. The summed E-state index contributed by atoms with van der Waals surface area (Å²) in [6.07, 6.45) is -1.80. The van der Waals surface area contributed by atoms with E-state index in [9.17, 15) is 13.2 Å². The first kappa shape index (κ1) is 9.05. The number of nitrogens with zero attached hydrogens (tertiary/aromatic N) is 2. The fourth-order valence-corrected chi connectivity index (χ4v) is 0.805. The van der Waals surface area contributed by atoms with E-state index in [0.29, 0.717) is 5.69 Å². The zero-order valence-corrected chi connectivity index (χ0v) is 6.17. The SMILES string of the molecule is NCc1cn(CC(F)(F)F)cn1. The molecule has 2 N–H and O–H groups in total. The Morgan fingerprint density at radius 3 is 2.58 bits per heavy atom. The van der Waals surface area contributed by atoms with Gasteiger partial charge in [0, 0.05) is 12.7 Å². The quantitative estimate of drug-likeness (QED) is 0.733. The van der Waals surface area contributed by atoms with Gasteiger partial charge in [-0.15, -0.1) is 0 Å². The third-order valence-electron chi connectivity index (χ3n) is 1.26. The third kappa shape index (κ3) is 2.54. The summed E-state index contributed by atoms with van der Waals surface area (Å²) in [5.41, 5.74) is 5.63. The van der Waals surface area contributed by atoms with Crippen LogP contribution in [0, 0.1) is 0 Å². The molecule has 0 bridgehead atoms. The number of imidazole rings is 1. The van der Waals surface area contributed by atoms with Gasteiger partial charge in [0.15, 0.2) is 0 Å². The molecule has 0 saturated carbocycles. The molecule has 0 aliphatic carbocycles. The minimum absolute atomic E-state index is 0.158. The summed E-state index contributed by atoms with van der Waals surface area (Å²) in [6.45, 7) is -0.856. The molecule has 1 heterocycles. The van der Waals surface area contributed by atoms with Gasteiger partial charge in [0.25, 0.3) is 0 Å². The summed E-state index contributed by atoms with van der Waals surface area (Å²) in [6, 6.07) is 0. The van der Waals surface area contributed by atoms with Gasteiger partial charge in [0.1, 0.15) is 6.54 Å². The fraction of sp³-hybridized carbons (Fsp3) is 0.500. The molecule has 0 radical (unpaired) electrons. The minimum atomic E-state index is -4.20. The molecule has 68 valence electrons. The van der Waals surface area contributed by atoms with Crippen LogP contribution in [-0.2, 0) is 13.1 Å². The molecule has 0 aliphatic rings. The maximum atomic E-state index is 11.8. The van der Waals surface area contributed by atoms with Gasteiger partial charge in [-0.3, -0.25) is 0 Å². The lowest BCUT2D eigenvalue weighted by Gasteiger charge is -2.05. The van der Waals surface area contributed by atoms with Gasteiger partial charge >= 0.3 is 6.18 Å². The molecule has 0 fully saturated rings. The summed E-state index contributed by atoms with van der Waals surface area (Å²) >= 11 is 0. The molecule has 0 aromatic carbocycles. The molecule has 1 aromatic heterocycles. The zero-order chi connectivity index (χ0) is 9.19. The first-order valence-corrected chi connectivity index (χ1v) is 3.29. The van der Waals surface area contributed by atoms with Crippen molar-refractivity contribution < 1.29 is 13.2 Å². The van der Waals surface area contributed by atoms with Crippen LogP contribution in [0.5, 0.6) is 0 Å². The van der Waals surface area contributed by atoms with Crippen LogP contribution in [0.1, 0.15) is 5.69 Å². The molecule has 1 aromatic rings. The zero-order valence-electron chi connectivity index (χ0n) is 6.17. The number of hydrogen-bond acceptors (Lipinski definition) is 2. The van der Waals surface area contributed by atoms with Crippen molar-refractivity contribution in [2.45, 2.75) is 19.3 Å². The lowest BCUT2D eigenvalue weighted by Crippen LogP contribution is -2.16. The van der Waals surface area contributed by atoms with E-state index in [2.05, 4.69) is 4.98 Å². The maximum absolute atomic E-state index is 11.8. The van der Waals surface area contributed by atoms with E-state index in [1.54, 1.807) is 0 Å². The second-order valence-corrected chi connectivity index (χ2v) is 2.36. The number of hydrogen-bond donors (Lipinski definition) is 1. The van der Waals surface area contributed by atoms with Crippen LogP contribution in [0.4, 0.5) is 13.2 Å². The second kappa shape index (κ2) is 3.14. The van der Waals surface area contributed by atoms with Gasteiger partial charge in [-0.1, -0.05) is 0 Å². The van der Waals surface area contributed by atoms with Gasteiger partial charge in [0.05, 0.1) is 12.0 Å². The van der Waals surface area contributed by atoms with Crippen LogP contribution in [0.25, 0.3) is 0 Å². The van der Waals surface area contributed by atoms with Crippen LogP contribution in [0.15, 0.2) is 12.5 Å². The monoisotopic (exact) mass is 179 g/mol.